The maximum Gasteiger partial charge on any atom is 0.294 e. The van der Waals surface area contributed by atoms with Crippen molar-refractivity contribution in [3.05, 3.63) is 11.1 Å². The molecule has 1 saturated carbocycles. The normalized spacial score (nSPS) is 79.5. The smallest absolute Gasteiger partial charge is 0.294 e. The van der Waals surface area contributed by atoms with Crippen molar-refractivity contribution in [2.75, 3.05) is 0 Å². The third-order valence-corrected chi connectivity index (χ3v) is 9.08. The Labute approximate surface area is 139 Å². The number of benzene rings is 1. The first-order valence-electron chi connectivity index (χ1n) is 8.93. The molecule has 3 spiro atoms. The molecule has 26 heavy (non-hydrogen) atoms. The summed E-state index contributed by atoms with van der Waals surface area (Å²) in [6, 6.07) is 0. The molecule has 5 bridgehead atoms. The fourth-order valence-corrected chi connectivity index (χ4v) is 8.21. The number of epoxide rings is 5. The Morgan fingerprint density at radius 2 is 1.50 bits per heavy atom. The van der Waals surface area contributed by atoms with Crippen molar-refractivity contribution in [1.29, 1.82) is 0 Å². The largest absolute Gasteiger partial charge is 0.445 e. The Hall–Kier alpha value is -1.50. The first-order chi connectivity index (χ1) is 12.7. The van der Waals surface area contributed by atoms with Crippen molar-refractivity contribution in [2.45, 2.75) is 58.3 Å². The quantitative estimate of drug-likeness (QED) is 0.506. The van der Waals surface area contributed by atoms with Crippen LogP contribution in [0.4, 0.5) is 0 Å². The van der Waals surface area contributed by atoms with Crippen LogP contribution in [0.25, 0.3) is 22.3 Å². The van der Waals surface area contributed by atoms with Gasteiger partial charge in [0.1, 0.15) is 11.6 Å². The highest BCUT2D eigenvalue weighted by atomic mass is 17.2. The molecule has 3 aromatic rings. The molecular weight excluding hydrogens is 350 g/mol. The fraction of sp³-hybridized carbons (Fsp3) is 0.625. The molecule has 10 heteroatoms. The second-order valence-electron chi connectivity index (χ2n) is 9.29. The van der Waals surface area contributed by atoms with E-state index in [4.69, 9.17) is 42.1 Å². The summed E-state index contributed by atoms with van der Waals surface area (Å²) in [5.41, 5.74) is 2.88. The highest BCUT2D eigenvalue weighted by molar-refractivity contribution is 6.11. The molecule has 14 rings (SSSR count). The second kappa shape index (κ2) is 1.84. The molecule has 0 amide bonds. The average Bonchev–Trinajstić information content (AvgIpc) is 3.26. The first kappa shape index (κ1) is 10.2. The highest BCUT2D eigenvalue weighted by Gasteiger charge is 3.34. The molecule has 6 atom stereocenters. The third-order valence-electron chi connectivity index (χ3n) is 9.08. The number of hydrogen-bond donors (Lipinski definition) is 0. The van der Waals surface area contributed by atoms with Crippen LogP contribution in [0.15, 0.2) is 8.83 Å². The fourth-order valence-electron chi connectivity index (χ4n) is 8.21. The molecule has 2 aromatic heterocycles. The zero-order valence-electron chi connectivity index (χ0n) is 12.4. The van der Waals surface area contributed by atoms with Crippen molar-refractivity contribution in [2.24, 2.45) is 0 Å². The molecule has 9 saturated heterocycles. The van der Waals surface area contributed by atoms with E-state index in [1.54, 1.807) is 0 Å². The highest BCUT2D eigenvalue weighted by Crippen LogP contribution is 3.07. The van der Waals surface area contributed by atoms with Gasteiger partial charge in [0.05, 0.1) is 5.56 Å². The Morgan fingerprint density at radius 1 is 0.769 bits per heavy atom. The van der Waals surface area contributed by atoms with E-state index in [0.29, 0.717) is 6.42 Å². The SMILES string of the molecule is C1C2OC34ON2[C@]32O[C@]23C25OC2(O5)C25OC2(O5)[C@@]13c1c4c2oc2c2oc12. The van der Waals surface area contributed by atoms with Gasteiger partial charge in [0.15, 0.2) is 16.8 Å². The Balaban J connectivity index is 1.38. The topological polar surface area (TPSA) is 111 Å². The number of ether oxygens (including phenoxy) is 6. The zero-order chi connectivity index (χ0) is 15.7. The molecule has 11 heterocycles. The van der Waals surface area contributed by atoms with Crippen LogP contribution < -0.4 is 0 Å². The monoisotopic (exact) mass is 353 g/mol. The van der Waals surface area contributed by atoms with Gasteiger partial charge in [-0.25, -0.2) is 4.84 Å². The summed E-state index contributed by atoms with van der Waals surface area (Å²) in [5, 5.41) is 1.84. The molecular formula is C16H3NO9. The summed E-state index contributed by atoms with van der Waals surface area (Å²) in [4.78, 5) is 6.18. The maximum atomic E-state index is 6.65. The van der Waals surface area contributed by atoms with E-state index in [-0.39, 0.29) is 6.23 Å². The van der Waals surface area contributed by atoms with Gasteiger partial charge in [-0.15, -0.1) is 5.06 Å². The Kier molecular flexibility index (Phi) is 0.717. The lowest BCUT2D eigenvalue weighted by Crippen LogP contribution is -2.78. The van der Waals surface area contributed by atoms with Gasteiger partial charge in [-0.2, -0.15) is 0 Å². The lowest BCUT2D eigenvalue weighted by molar-refractivity contribution is -0.439. The summed E-state index contributed by atoms with van der Waals surface area (Å²) in [5.74, 6) is -4.33. The minimum Gasteiger partial charge on any atom is -0.445 e. The molecule has 0 radical (unpaired) electrons. The molecule has 10 nitrogen and oxygen atoms in total. The van der Waals surface area contributed by atoms with E-state index < -0.39 is 45.7 Å². The molecule has 1 aromatic carbocycles. The van der Waals surface area contributed by atoms with Crippen LogP contribution in [0.2, 0.25) is 0 Å². The van der Waals surface area contributed by atoms with Crippen LogP contribution in [0.1, 0.15) is 17.5 Å². The van der Waals surface area contributed by atoms with Crippen LogP contribution in [0.3, 0.4) is 0 Å². The Morgan fingerprint density at radius 3 is 2.35 bits per heavy atom. The van der Waals surface area contributed by atoms with Crippen molar-refractivity contribution < 1.29 is 42.1 Å². The third kappa shape index (κ3) is 0.430. The Bertz CT molecular complexity index is 1420. The summed E-state index contributed by atoms with van der Waals surface area (Å²) in [7, 11) is 0. The lowest BCUT2D eigenvalue weighted by atomic mass is 9.50. The van der Waals surface area contributed by atoms with Gasteiger partial charge in [-0.3, -0.25) is 9.47 Å². The van der Waals surface area contributed by atoms with Crippen molar-refractivity contribution in [3.63, 3.8) is 0 Å². The first-order valence-corrected chi connectivity index (χ1v) is 8.93. The number of hydrogen-bond acceptors (Lipinski definition) is 10. The van der Waals surface area contributed by atoms with Crippen molar-refractivity contribution in [1.82, 2.24) is 5.06 Å². The number of fused-ring (bicyclic) bond motifs is 6. The summed E-state index contributed by atoms with van der Waals surface area (Å²) in [6.45, 7) is 0. The minimum absolute atomic E-state index is 0.247. The molecule has 0 N–H and O–H groups in total. The van der Waals surface area contributed by atoms with Gasteiger partial charge in [-0.1, -0.05) is 0 Å². The number of nitrogens with zero attached hydrogens (tertiary/aromatic N) is 1. The van der Waals surface area contributed by atoms with Crippen molar-refractivity contribution in [3.8, 4) is 0 Å². The maximum absolute atomic E-state index is 6.65. The van der Waals surface area contributed by atoms with Crippen LogP contribution in [-0.4, -0.2) is 45.8 Å². The zero-order valence-corrected chi connectivity index (χ0v) is 12.4. The van der Waals surface area contributed by atoms with Gasteiger partial charge in [0.2, 0.25) is 22.7 Å². The number of hydroxylamine groups is 2. The van der Waals surface area contributed by atoms with Crippen LogP contribution in [0.5, 0.6) is 0 Å². The number of piperidine rings is 1. The standard InChI is InChI=1S/C16H3NO9/c1-2-17-12-10(20-2,26-17)4-3(5-7(18-5)8-6(4)19-8)9(1)11(12,21-12)14-16(24-14,25-14)15-13(9,22-15)23-15/h2H,1H2/t2?,9-,10?,11+,12+,13?,14?,15?,16?/m1/s1. The van der Waals surface area contributed by atoms with E-state index >= 15 is 0 Å². The minimum atomic E-state index is -1.03. The van der Waals surface area contributed by atoms with Gasteiger partial charge in [0, 0.05) is 12.0 Å². The summed E-state index contributed by atoms with van der Waals surface area (Å²) >= 11 is 0. The molecule has 10 fully saturated rings. The van der Waals surface area contributed by atoms with E-state index in [9.17, 15) is 0 Å². The molecule has 9 aliphatic heterocycles. The van der Waals surface area contributed by atoms with E-state index in [1.165, 1.54) is 0 Å². The van der Waals surface area contributed by atoms with Gasteiger partial charge >= 0.3 is 0 Å². The van der Waals surface area contributed by atoms with Gasteiger partial charge < -0.3 is 27.8 Å². The lowest BCUT2D eigenvalue weighted by Gasteiger charge is -2.55. The predicted octanol–water partition coefficient (Wildman–Crippen LogP) is -0.149. The molecule has 3 unspecified atom stereocenters. The van der Waals surface area contributed by atoms with E-state index in [0.717, 1.165) is 33.5 Å². The van der Waals surface area contributed by atoms with Crippen molar-refractivity contribution >= 4 is 22.3 Å². The van der Waals surface area contributed by atoms with Crippen LogP contribution >= 0.6 is 0 Å². The summed E-state index contributed by atoms with van der Waals surface area (Å²) in [6.07, 6.45) is 0.355. The van der Waals surface area contributed by atoms with E-state index in [2.05, 4.69) is 0 Å². The second-order valence-corrected chi connectivity index (χ2v) is 9.29. The van der Waals surface area contributed by atoms with E-state index in [1.807, 2.05) is 5.06 Å². The molecule has 11 aliphatic rings. The molecule has 126 valence electrons. The van der Waals surface area contributed by atoms with Gasteiger partial charge in [0.25, 0.3) is 23.1 Å². The van der Waals surface area contributed by atoms with Crippen LogP contribution in [-0.2, 0) is 44.5 Å². The molecule has 2 aliphatic carbocycles. The number of rotatable bonds is 0. The predicted molar refractivity (Wildman–Crippen MR) is 65.9 cm³/mol. The van der Waals surface area contributed by atoms with Crippen LogP contribution in [0, 0.1) is 0 Å². The van der Waals surface area contributed by atoms with Gasteiger partial charge in [-0.05, 0) is 0 Å². The average molecular weight is 353 g/mol. The summed E-state index contributed by atoms with van der Waals surface area (Å²) < 4.78 is 49.4.